The van der Waals surface area contributed by atoms with Crippen molar-refractivity contribution >= 4 is 29.9 Å². The lowest BCUT2D eigenvalue weighted by Crippen LogP contribution is -2.48. The van der Waals surface area contributed by atoms with E-state index in [1.807, 2.05) is 29.1 Å². The molecular weight excluding hydrogens is 465 g/mol. The summed E-state index contributed by atoms with van der Waals surface area (Å²) in [5, 5.41) is 21.6. The fraction of sp³-hybridized carbons (Fsp3) is 0.524. The number of benzene rings is 1. The zero-order valence-electron chi connectivity index (χ0n) is 16.6. The maximum atomic E-state index is 10.7. The van der Waals surface area contributed by atoms with Crippen LogP contribution in [0.1, 0.15) is 50.2 Å². The van der Waals surface area contributed by atoms with E-state index in [2.05, 4.69) is 34.8 Å². The average Bonchev–Trinajstić information content (AvgIpc) is 3.19. The van der Waals surface area contributed by atoms with Crippen molar-refractivity contribution in [1.82, 2.24) is 20.4 Å². The molecule has 154 valence electrons. The van der Waals surface area contributed by atoms with Gasteiger partial charge in [-0.25, -0.2) is 4.99 Å². The summed E-state index contributed by atoms with van der Waals surface area (Å²) in [5.74, 6) is 0.755. The van der Waals surface area contributed by atoms with E-state index in [-0.39, 0.29) is 24.0 Å². The molecule has 1 saturated carbocycles. The summed E-state index contributed by atoms with van der Waals surface area (Å²) in [7, 11) is 0. The Morgan fingerprint density at radius 1 is 1.14 bits per heavy atom. The van der Waals surface area contributed by atoms with E-state index in [0.717, 1.165) is 44.7 Å². The lowest BCUT2D eigenvalue weighted by Gasteiger charge is -2.32. The Morgan fingerprint density at radius 2 is 1.89 bits per heavy atom. The molecule has 2 aromatic rings. The molecule has 1 aliphatic rings. The summed E-state index contributed by atoms with van der Waals surface area (Å²) in [5.41, 5.74) is 1.79. The minimum atomic E-state index is -0.605. The van der Waals surface area contributed by atoms with Gasteiger partial charge < -0.3 is 15.7 Å². The molecule has 0 aliphatic heterocycles. The van der Waals surface area contributed by atoms with Gasteiger partial charge in [0.15, 0.2) is 5.96 Å². The number of hydrogen-bond donors (Lipinski definition) is 3. The first kappa shape index (κ1) is 22.7. The van der Waals surface area contributed by atoms with Gasteiger partial charge in [0.2, 0.25) is 0 Å². The van der Waals surface area contributed by atoms with Gasteiger partial charge in [0.25, 0.3) is 0 Å². The second kappa shape index (κ2) is 11.4. The van der Waals surface area contributed by atoms with E-state index < -0.39 is 5.60 Å². The number of aliphatic imine (C=N–C) groups is 1. The molecule has 1 fully saturated rings. The number of aliphatic hydroxyl groups is 1. The highest BCUT2D eigenvalue weighted by Crippen LogP contribution is 2.27. The van der Waals surface area contributed by atoms with Crippen molar-refractivity contribution in [3.8, 4) is 0 Å². The molecule has 7 heteroatoms. The van der Waals surface area contributed by atoms with Gasteiger partial charge in [-0.2, -0.15) is 5.10 Å². The summed E-state index contributed by atoms with van der Waals surface area (Å²) in [4.78, 5) is 4.74. The quantitative estimate of drug-likeness (QED) is 0.312. The Balaban J connectivity index is 0.00000280. The molecule has 1 aromatic heterocycles. The van der Waals surface area contributed by atoms with Gasteiger partial charge in [-0.15, -0.1) is 24.0 Å². The minimum absolute atomic E-state index is 0. The first-order valence-corrected chi connectivity index (χ1v) is 9.97. The third-order valence-corrected chi connectivity index (χ3v) is 5.13. The van der Waals surface area contributed by atoms with E-state index in [4.69, 9.17) is 4.99 Å². The van der Waals surface area contributed by atoms with Gasteiger partial charge in [0.1, 0.15) is 0 Å². The van der Waals surface area contributed by atoms with Crippen LogP contribution in [-0.4, -0.2) is 39.5 Å². The normalized spacial score (nSPS) is 16.3. The molecule has 28 heavy (non-hydrogen) atoms. The van der Waals surface area contributed by atoms with Crippen LogP contribution in [0.25, 0.3) is 0 Å². The van der Waals surface area contributed by atoms with Crippen LogP contribution in [-0.2, 0) is 13.1 Å². The zero-order valence-corrected chi connectivity index (χ0v) is 18.9. The van der Waals surface area contributed by atoms with Crippen LogP contribution < -0.4 is 10.6 Å². The van der Waals surface area contributed by atoms with Gasteiger partial charge >= 0.3 is 0 Å². The average molecular weight is 497 g/mol. The zero-order chi connectivity index (χ0) is 19.0. The van der Waals surface area contributed by atoms with E-state index in [1.54, 1.807) is 6.20 Å². The number of nitrogens with one attached hydrogen (secondary N) is 2. The molecule has 3 rings (SSSR count). The van der Waals surface area contributed by atoms with E-state index in [0.29, 0.717) is 13.1 Å². The molecule has 0 saturated heterocycles. The SMILES string of the molecule is CCNC(=NCc1ccccc1Cn1cccn1)NCC1(O)CCCCC1.I. The van der Waals surface area contributed by atoms with Crippen LogP contribution in [0.4, 0.5) is 0 Å². The fourth-order valence-electron chi connectivity index (χ4n) is 3.58. The standard InChI is InChI=1S/C21H31N5O.HI/c1-2-22-20(24-17-21(27)11-6-3-7-12-21)23-15-18-9-4-5-10-19(18)16-26-14-8-13-25-26;/h4-5,8-10,13-14,27H,2-3,6-7,11-12,15-17H2,1H3,(H2,22,23,24);1H. The molecule has 0 unspecified atom stereocenters. The van der Waals surface area contributed by atoms with Crippen molar-refractivity contribution in [2.24, 2.45) is 4.99 Å². The van der Waals surface area contributed by atoms with Crippen LogP contribution in [0.5, 0.6) is 0 Å². The van der Waals surface area contributed by atoms with Crippen molar-refractivity contribution in [3.63, 3.8) is 0 Å². The van der Waals surface area contributed by atoms with Gasteiger partial charge in [0, 0.05) is 25.5 Å². The summed E-state index contributed by atoms with van der Waals surface area (Å²) in [6, 6.07) is 10.3. The molecule has 1 aliphatic carbocycles. The minimum Gasteiger partial charge on any atom is -0.388 e. The number of rotatable bonds is 7. The van der Waals surface area contributed by atoms with Gasteiger partial charge in [0.05, 0.1) is 18.7 Å². The Morgan fingerprint density at radius 3 is 2.57 bits per heavy atom. The molecule has 1 aromatic carbocycles. The van der Waals surface area contributed by atoms with E-state index >= 15 is 0 Å². The molecular formula is C21H32IN5O. The van der Waals surface area contributed by atoms with Crippen LogP contribution in [0.2, 0.25) is 0 Å². The van der Waals surface area contributed by atoms with E-state index in [9.17, 15) is 5.11 Å². The topological polar surface area (TPSA) is 74.5 Å². The maximum absolute atomic E-state index is 10.7. The van der Waals surface area contributed by atoms with Crippen LogP contribution in [0, 0.1) is 0 Å². The van der Waals surface area contributed by atoms with Crippen molar-refractivity contribution in [1.29, 1.82) is 0 Å². The van der Waals surface area contributed by atoms with E-state index in [1.165, 1.54) is 17.5 Å². The number of hydrogen-bond acceptors (Lipinski definition) is 3. The Bertz CT molecular complexity index is 726. The number of guanidine groups is 1. The van der Waals surface area contributed by atoms with Gasteiger partial charge in [-0.1, -0.05) is 43.5 Å². The Labute approximate surface area is 184 Å². The third-order valence-electron chi connectivity index (χ3n) is 5.13. The monoisotopic (exact) mass is 497 g/mol. The lowest BCUT2D eigenvalue weighted by atomic mass is 9.85. The molecule has 0 amide bonds. The molecule has 6 nitrogen and oxygen atoms in total. The molecule has 0 atom stereocenters. The van der Waals surface area contributed by atoms with Crippen molar-refractivity contribution in [2.75, 3.05) is 13.1 Å². The predicted octanol–water partition coefficient (Wildman–Crippen LogP) is 3.30. The predicted molar refractivity (Wildman–Crippen MR) is 124 cm³/mol. The van der Waals surface area contributed by atoms with Crippen molar-refractivity contribution in [2.45, 2.75) is 57.7 Å². The maximum Gasteiger partial charge on any atom is 0.191 e. The second-order valence-corrected chi connectivity index (χ2v) is 7.31. The first-order valence-electron chi connectivity index (χ1n) is 9.97. The smallest absolute Gasteiger partial charge is 0.191 e. The van der Waals surface area contributed by atoms with Gasteiger partial charge in [-0.3, -0.25) is 4.68 Å². The number of halogens is 1. The summed E-state index contributed by atoms with van der Waals surface area (Å²) < 4.78 is 1.92. The van der Waals surface area contributed by atoms with Gasteiger partial charge in [-0.05, 0) is 37.0 Å². The fourth-order valence-corrected chi connectivity index (χ4v) is 3.58. The molecule has 1 heterocycles. The summed E-state index contributed by atoms with van der Waals surface area (Å²) in [6.45, 7) is 4.72. The highest BCUT2D eigenvalue weighted by Gasteiger charge is 2.29. The molecule has 0 radical (unpaired) electrons. The molecule has 3 N–H and O–H groups in total. The highest BCUT2D eigenvalue weighted by atomic mass is 127. The number of nitrogens with zero attached hydrogens (tertiary/aromatic N) is 3. The van der Waals surface area contributed by atoms with Crippen LogP contribution in [0.3, 0.4) is 0 Å². The summed E-state index contributed by atoms with van der Waals surface area (Å²) in [6.07, 6.45) is 8.93. The lowest BCUT2D eigenvalue weighted by molar-refractivity contribution is 0.00859. The highest BCUT2D eigenvalue weighted by molar-refractivity contribution is 14.0. The van der Waals surface area contributed by atoms with Crippen molar-refractivity contribution in [3.05, 3.63) is 53.9 Å². The summed E-state index contributed by atoms with van der Waals surface area (Å²) >= 11 is 0. The van der Waals surface area contributed by atoms with Crippen molar-refractivity contribution < 1.29 is 5.11 Å². The third kappa shape index (κ3) is 6.77. The largest absolute Gasteiger partial charge is 0.388 e. The molecule has 0 bridgehead atoms. The first-order chi connectivity index (χ1) is 13.2. The molecule has 0 spiro atoms. The number of aromatic nitrogens is 2. The second-order valence-electron chi connectivity index (χ2n) is 7.31. The Kier molecular flexibility index (Phi) is 9.24. The van der Waals surface area contributed by atoms with Crippen LogP contribution in [0.15, 0.2) is 47.7 Å². The Hall–Kier alpha value is -1.61. The van der Waals surface area contributed by atoms with Crippen LogP contribution >= 0.6 is 24.0 Å².